The number of ether oxygens (including phenoxy) is 1. The molecule has 1 saturated heterocycles. The van der Waals surface area contributed by atoms with Crippen molar-refractivity contribution in [3.8, 4) is 0 Å². The molecule has 0 spiro atoms. The maximum atomic E-state index is 12.0. The molecule has 0 aromatic rings. The Kier molecular flexibility index (Phi) is 6.22. The number of hydrogen-bond acceptors (Lipinski definition) is 4. The second-order valence-electron chi connectivity index (χ2n) is 5.46. The fourth-order valence-corrected chi connectivity index (χ4v) is 2.12. The lowest BCUT2D eigenvalue weighted by atomic mass is 9.94. The lowest BCUT2D eigenvalue weighted by Gasteiger charge is -2.36. The molecule has 116 valence electrons. The summed E-state index contributed by atoms with van der Waals surface area (Å²) < 4.78 is 4.87. The number of amides is 2. The lowest BCUT2D eigenvalue weighted by molar-refractivity contribution is -0.139. The van der Waals surface area contributed by atoms with Crippen molar-refractivity contribution in [3.63, 3.8) is 0 Å². The summed E-state index contributed by atoms with van der Waals surface area (Å²) in [4.78, 5) is 24.6. The van der Waals surface area contributed by atoms with Gasteiger partial charge in [-0.1, -0.05) is 0 Å². The maximum absolute atomic E-state index is 12.0. The van der Waals surface area contributed by atoms with E-state index in [1.165, 1.54) is 0 Å². The quantitative estimate of drug-likeness (QED) is 0.615. The Morgan fingerprint density at radius 3 is 2.50 bits per heavy atom. The second kappa shape index (κ2) is 7.44. The van der Waals surface area contributed by atoms with E-state index in [1.54, 1.807) is 18.9 Å². The average Bonchev–Trinajstić information content (AvgIpc) is 2.37. The first-order valence-corrected chi connectivity index (χ1v) is 6.85. The van der Waals surface area contributed by atoms with E-state index in [2.05, 4.69) is 5.32 Å². The molecule has 0 aliphatic carbocycles. The van der Waals surface area contributed by atoms with Crippen LogP contribution in [0.3, 0.4) is 0 Å². The molecule has 2 amide bonds. The van der Waals surface area contributed by atoms with Crippen LogP contribution in [0.15, 0.2) is 0 Å². The van der Waals surface area contributed by atoms with E-state index in [4.69, 9.17) is 9.84 Å². The molecule has 1 unspecified atom stereocenters. The van der Waals surface area contributed by atoms with Crippen molar-refractivity contribution in [2.45, 2.75) is 44.2 Å². The van der Waals surface area contributed by atoms with Crippen molar-refractivity contribution in [2.24, 2.45) is 0 Å². The molecular weight excluding hydrogens is 264 g/mol. The monoisotopic (exact) mass is 288 g/mol. The van der Waals surface area contributed by atoms with Crippen molar-refractivity contribution in [1.82, 2.24) is 10.2 Å². The third-order valence-corrected chi connectivity index (χ3v) is 3.56. The fourth-order valence-electron chi connectivity index (χ4n) is 2.12. The van der Waals surface area contributed by atoms with Crippen LogP contribution in [-0.2, 0) is 9.53 Å². The minimum absolute atomic E-state index is 0.334. The molecule has 1 rings (SSSR count). The number of carbonyl (C=O) groups excluding carboxylic acids is 1. The van der Waals surface area contributed by atoms with E-state index in [9.17, 15) is 14.7 Å². The van der Waals surface area contributed by atoms with Crippen molar-refractivity contribution in [1.29, 1.82) is 0 Å². The van der Waals surface area contributed by atoms with Crippen LogP contribution in [0.25, 0.3) is 0 Å². The first kappa shape index (κ1) is 16.7. The summed E-state index contributed by atoms with van der Waals surface area (Å²) >= 11 is 0. The fraction of sp³-hybridized carbons (Fsp3) is 0.846. The van der Waals surface area contributed by atoms with Crippen LogP contribution in [-0.4, -0.2) is 65.6 Å². The van der Waals surface area contributed by atoms with Gasteiger partial charge >= 0.3 is 12.0 Å². The summed E-state index contributed by atoms with van der Waals surface area (Å²) in [5.74, 6) is -1.04. The van der Waals surface area contributed by atoms with Crippen molar-refractivity contribution >= 4 is 12.0 Å². The van der Waals surface area contributed by atoms with E-state index < -0.39 is 17.6 Å². The molecule has 1 aliphatic heterocycles. The third-order valence-electron chi connectivity index (χ3n) is 3.56. The number of methoxy groups -OCH3 is 1. The van der Waals surface area contributed by atoms with Crippen molar-refractivity contribution < 1.29 is 24.5 Å². The van der Waals surface area contributed by atoms with Gasteiger partial charge in [-0.15, -0.1) is 0 Å². The Hall–Kier alpha value is -1.34. The van der Waals surface area contributed by atoms with Crippen LogP contribution < -0.4 is 5.32 Å². The van der Waals surface area contributed by atoms with Gasteiger partial charge in [-0.3, -0.25) is 0 Å². The Balaban J connectivity index is 2.44. The van der Waals surface area contributed by atoms with E-state index in [-0.39, 0.29) is 6.03 Å². The van der Waals surface area contributed by atoms with E-state index >= 15 is 0 Å². The predicted molar refractivity (Wildman–Crippen MR) is 72.5 cm³/mol. The number of nitrogens with one attached hydrogen (secondary N) is 1. The standard InChI is InChI=1S/C13H24N2O5/c1-13(19)5-7-15(8-6-13)12(18)14-10(11(16)17)4-3-9-20-2/h10,19H,3-9H2,1-2H3,(H,14,18)(H,16,17). The van der Waals surface area contributed by atoms with Crippen LogP contribution in [0.2, 0.25) is 0 Å². The largest absolute Gasteiger partial charge is 0.480 e. The van der Waals surface area contributed by atoms with Crippen LogP contribution in [0.4, 0.5) is 4.79 Å². The first-order chi connectivity index (χ1) is 9.35. The summed E-state index contributed by atoms with van der Waals surface area (Å²) in [7, 11) is 1.55. The molecule has 1 atom stereocenters. The van der Waals surface area contributed by atoms with Crippen LogP contribution >= 0.6 is 0 Å². The molecule has 0 bridgehead atoms. The first-order valence-electron chi connectivity index (χ1n) is 6.85. The normalized spacial score (nSPS) is 19.4. The predicted octanol–water partition coefficient (Wildman–Crippen LogP) is 0.423. The van der Waals surface area contributed by atoms with Gasteiger partial charge in [0.15, 0.2) is 0 Å². The minimum atomic E-state index is -1.04. The third kappa shape index (κ3) is 5.34. The van der Waals surface area contributed by atoms with Gasteiger partial charge < -0.3 is 25.2 Å². The lowest BCUT2D eigenvalue weighted by Crippen LogP contribution is -2.52. The maximum Gasteiger partial charge on any atom is 0.326 e. The molecule has 1 heterocycles. The highest BCUT2D eigenvalue weighted by molar-refractivity contribution is 5.82. The highest BCUT2D eigenvalue weighted by Gasteiger charge is 2.31. The molecule has 0 saturated carbocycles. The summed E-state index contributed by atoms with van der Waals surface area (Å²) in [6.45, 7) is 3.08. The molecule has 0 radical (unpaired) electrons. The highest BCUT2D eigenvalue weighted by Crippen LogP contribution is 2.21. The molecule has 3 N–H and O–H groups in total. The zero-order valence-corrected chi connectivity index (χ0v) is 12.1. The highest BCUT2D eigenvalue weighted by atomic mass is 16.5. The molecular formula is C13H24N2O5. The van der Waals surface area contributed by atoms with Gasteiger partial charge in [0.05, 0.1) is 5.60 Å². The van der Waals surface area contributed by atoms with Crippen molar-refractivity contribution in [3.05, 3.63) is 0 Å². The van der Waals surface area contributed by atoms with Gasteiger partial charge in [-0.25, -0.2) is 9.59 Å². The zero-order valence-electron chi connectivity index (χ0n) is 12.1. The molecule has 20 heavy (non-hydrogen) atoms. The van der Waals surface area contributed by atoms with Gasteiger partial charge in [0.1, 0.15) is 6.04 Å². The summed E-state index contributed by atoms with van der Waals surface area (Å²) in [5, 5.41) is 21.4. The molecule has 1 aliphatic rings. The SMILES string of the molecule is COCCCC(NC(=O)N1CCC(C)(O)CC1)C(=O)O. The van der Waals surface area contributed by atoms with Gasteiger partial charge in [0.2, 0.25) is 0 Å². The number of piperidine rings is 1. The molecule has 7 heteroatoms. The Morgan fingerprint density at radius 2 is 2.00 bits per heavy atom. The smallest absolute Gasteiger partial charge is 0.326 e. The number of nitrogens with zero attached hydrogens (tertiary/aromatic N) is 1. The molecule has 0 aromatic heterocycles. The molecule has 1 fully saturated rings. The number of carbonyl (C=O) groups is 2. The number of aliphatic carboxylic acids is 1. The topological polar surface area (TPSA) is 99.1 Å². The Bertz CT molecular complexity index is 336. The van der Waals surface area contributed by atoms with Crippen LogP contribution in [0, 0.1) is 0 Å². The zero-order chi connectivity index (χ0) is 15.2. The number of urea groups is 1. The molecule has 7 nitrogen and oxygen atoms in total. The Morgan fingerprint density at radius 1 is 1.40 bits per heavy atom. The van der Waals surface area contributed by atoms with Crippen molar-refractivity contribution in [2.75, 3.05) is 26.8 Å². The second-order valence-corrected chi connectivity index (χ2v) is 5.46. The van der Waals surface area contributed by atoms with E-state index in [1.807, 2.05) is 0 Å². The summed E-state index contributed by atoms with van der Waals surface area (Å²) in [5.41, 5.74) is -0.735. The summed E-state index contributed by atoms with van der Waals surface area (Å²) in [6, 6.07) is -1.29. The average molecular weight is 288 g/mol. The van der Waals surface area contributed by atoms with Gasteiger partial charge in [0.25, 0.3) is 0 Å². The molecule has 0 aromatic carbocycles. The van der Waals surface area contributed by atoms with Gasteiger partial charge in [0, 0.05) is 26.8 Å². The Labute approximate surface area is 118 Å². The van der Waals surface area contributed by atoms with Gasteiger partial charge in [-0.05, 0) is 32.6 Å². The van der Waals surface area contributed by atoms with E-state index in [0.29, 0.717) is 45.4 Å². The number of carboxylic acid groups (broad SMARTS) is 1. The number of rotatable bonds is 6. The van der Waals surface area contributed by atoms with Crippen LogP contribution in [0.5, 0.6) is 0 Å². The van der Waals surface area contributed by atoms with E-state index in [0.717, 1.165) is 0 Å². The number of hydrogen-bond donors (Lipinski definition) is 3. The summed E-state index contributed by atoms with van der Waals surface area (Å²) in [6.07, 6.45) is 1.91. The minimum Gasteiger partial charge on any atom is -0.480 e. The number of likely N-dealkylation sites (tertiary alicyclic amines) is 1. The number of carboxylic acids is 1. The van der Waals surface area contributed by atoms with Gasteiger partial charge in [-0.2, -0.15) is 0 Å². The number of aliphatic hydroxyl groups is 1. The van der Waals surface area contributed by atoms with Crippen LogP contribution in [0.1, 0.15) is 32.6 Å².